The van der Waals surface area contributed by atoms with Gasteiger partial charge in [-0.3, -0.25) is 9.59 Å². The molecule has 0 aliphatic rings. The number of hydrogen-bond acceptors (Lipinski definition) is 5. The molecule has 29 heavy (non-hydrogen) atoms. The molecule has 7 nitrogen and oxygen atoms in total. The van der Waals surface area contributed by atoms with Gasteiger partial charge in [-0.05, 0) is 31.2 Å². The van der Waals surface area contributed by atoms with Crippen LogP contribution < -0.4 is 10.6 Å². The summed E-state index contributed by atoms with van der Waals surface area (Å²) in [7, 11) is 0. The highest BCUT2D eigenvalue weighted by atomic mass is 35.5. The van der Waals surface area contributed by atoms with E-state index in [2.05, 4.69) is 15.8 Å². The van der Waals surface area contributed by atoms with Crippen LogP contribution in [0.4, 0.5) is 4.39 Å². The van der Waals surface area contributed by atoms with E-state index in [9.17, 15) is 19.1 Å². The summed E-state index contributed by atoms with van der Waals surface area (Å²) >= 11 is 6.06. The molecule has 0 spiro atoms. The van der Waals surface area contributed by atoms with Crippen LogP contribution in [-0.4, -0.2) is 35.2 Å². The summed E-state index contributed by atoms with van der Waals surface area (Å²) in [5.41, 5.74) is 0.166. The Hall–Kier alpha value is -3.39. The van der Waals surface area contributed by atoms with Crippen LogP contribution in [0.15, 0.2) is 47.0 Å². The second-order valence-corrected chi connectivity index (χ2v) is 6.50. The molecule has 3 aromatic rings. The zero-order valence-electron chi connectivity index (χ0n) is 15.3. The molecule has 1 heterocycles. The maximum Gasteiger partial charge on any atom is 0.257 e. The van der Waals surface area contributed by atoms with E-state index in [1.165, 1.54) is 37.3 Å². The van der Waals surface area contributed by atoms with Gasteiger partial charge in [0.1, 0.15) is 28.6 Å². The average molecular weight is 418 g/mol. The third kappa shape index (κ3) is 4.38. The molecule has 0 unspecified atom stereocenters. The fraction of sp³-hybridized carbons (Fsp3) is 0.150. The van der Waals surface area contributed by atoms with Gasteiger partial charge in [-0.25, -0.2) is 4.39 Å². The minimum absolute atomic E-state index is 0.00124. The van der Waals surface area contributed by atoms with E-state index in [0.29, 0.717) is 0 Å². The third-order valence-electron chi connectivity index (χ3n) is 4.13. The Morgan fingerprint density at radius 3 is 2.48 bits per heavy atom. The highest BCUT2D eigenvalue weighted by molar-refractivity contribution is 6.33. The average Bonchev–Trinajstić information content (AvgIpc) is 3.06. The van der Waals surface area contributed by atoms with Crippen molar-refractivity contribution in [1.82, 2.24) is 15.8 Å². The molecule has 0 aliphatic heterocycles. The lowest BCUT2D eigenvalue weighted by Gasteiger charge is -2.09. The number of carbonyl (C=O) groups excluding carboxylic acids is 2. The molecule has 0 fully saturated rings. The van der Waals surface area contributed by atoms with Gasteiger partial charge in [-0.2, -0.15) is 0 Å². The first kappa shape index (κ1) is 20.3. The molecule has 9 heteroatoms. The van der Waals surface area contributed by atoms with E-state index in [-0.39, 0.29) is 52.0 Å². The number of phenols is 1. The van der Waals surface area contributed by atoms with Crippen molar-refractivity contribution in [3.05, 3.63) is 70.2 Å². The van der Waals surface area contributed by atoms with Crippen molar-refractivity contribution in [1.29, 1.82) is 0 Å². The smallest absolute Gasteiger partial charge is 0.257 e. The number of phenolic OH excluding ortho intramolecular Hbond substituents is 1. The molecule has 0 bridgehead atoms. The Kier molecular flexibility index (Phi) is 6.13. The van der Waals surface area contributed by atoms with Crippen molar-refractivity contribution < 1.29 is 23.6 Å². The first-order valence-electron chi connectivity index (χ1n) is 8.65. The predicted octanol–water partition coefficient (Wildman–Crippen LogP) is 3.31. The molecule has 2 amide bonds. The van der Waals surface area contributed by atoms with E-state index in [1.807, 2.05) is 0 Å². The summed E-state index contributed by atoms with van der Waals surface area (Å²) < 4.78 is 19.3. The maximum absolute atomic E-state index is 14.2. The number of amides is 2. The molecule has 0 saturated carbocycles. The van der Waals surface area contributed by atoms with Crippen LogP contribution in [0.3, 0.4) is 0 Å². The number of hydrogen-bond donors (Lipinski definition) is 3. The first-order chi connectivity index (χ1) is 13.9. The standard InChI is InChI=1S/C20H17ClFN3O4/c1-11-16(18(25-29-11)17-13(21)6-4-7-14(17)22)20(28)24-10-9-23-19(27)12-5-2-3-8-15(12)26/h2-8,26H,9-10H2,1H3,(H,23,27)(H,24,28). The normalized spacial score (nSPS) is 10.6. The lowest BCUT2D eigenvalue weighted by Crippen LogP contribution is -2.35. The number of rotatable bonds is 6. The Bertz CT molecular complexity index is 1050. The molecular formula is C20H17ClFN3O4. The number of nitrogens with zero attached hydrogens (tertiary/aromatic N) is 1. The molecule has 0 radical (unpaired) electrons. The number of aromatic nitrogens is 1. The van der Waals surface area contributed by atoms with Crippen molar-refractivity contribution >= 4 is 23.4 Å². The SMILES string of the molecule is Cc1onc(-c2c(F)cccc2Cl)c1C(=O)NCCNC(=O)c1ccccc1O. The molecule has 3 rings (SSSR count). The Morgan fingerprint density at radius 1 is 1.10 bits per heavy atom. The number of para-hydroxylation sites is 1. The minimum atomic E-state index is -0.630. The molecule has 150 valence electrons. The van der Waals surface area contributed by atoms with Crippen LogP contribution in [0.25, 0.3) is 11.3 Å². The molecule has 2 aromatic carbocycles. The summed E-state index contributed by atoms with van der Waals surface area (Å²) in [6.45, 7) is 1.73. The monoisotopic (exact) mass is 417 g/mol. The summed E-state index contributed by atoms with van der Waals surface area (Å²) in [6, 6.07) is 10.3. The number of aryl methyl sites for hydroxylation is 1. The fourth-order valence-electron chi connectivity index (χ4n) is 2.74. The van der Waals surface area contributed by atoms with Gasteiger partial charge in [-0.15, -0.1) is 0 Å². The van der Waals surface area contributed by atoms with E-state index in [4.69, 9.17) is 16.1 Å². The van der Waals surface area contributed by atoms with Crippen LogP contribution in [0.1, 0.15) is 26.5 Å². The first-order valence-corrected chi connectivity index (χ1v) is 9.03. The Labute approximate surface area is 170 Å². The van der Waals surface area contributed by atoms with E-state index in [0.717, 1.165) is 0 Å². The summed E-state index contributed by atoms with van der Waals surface area (Å²) in [5, 5.41) is 18.8. The molecule has 0 atom stereocenters. The number of aromatic hydroxyl groups is 1. The topological polar surface area (TPSA) is 104 Å². The summed E-state index contributed by atoms with van der Waals surface area (Å²) in [5.74, 6) is -1.59. The summed E-state index contributed by atoms with van der Waals surface area (Å²) in [6.07, 6.45) is 0. The van der Waals surface area contributed by atoms with Gasteiger partial charge in [0, 0.05) is 13.1 Å². The zero-order valence-corrected chi connectivity index (χ0v) is 16.1. The van der Waals surface area contributed by atoms with Crippen LogP contribution >= 0.6 is 11.6 Å². The number of nitrogens with one attached hydrogen (secondary N) is 2. The van der Waals surface area contributed by atoms with Crippen LogP contribution in [0.5, 0.6) is 5.75 Å². The van der Waals surface area contributed by atoms with Gasteiger partial charge in [0.25, 0.3) is 11.8 Å². The largest absolute Gasteiger partial charge is 0.507 e. The minimum Gasteiger partial charge on any atom is -0.507 e. The molecule has 0 aliphatic carbocycles. The van der Waals surface area contributed by atoms with Gasteiger partial charge in [-0.1, -0.05) is 35.0 Å². The molecular weight excluding hydrogens is 401 g/mol. The van der Waals surface area contributed by atoms with Gasteiger partial charge in [0.2, 0.25) is 0 Å². The van der Waals surface area contributed by atoms with Crippen LogP contribution in [0, 0.1) is 12.7 Å². The van der Waals surface area contributed by atoms with Gasteiger partial charge in [0.05, 0.1) is 16.1 Å². The fourth-order valence-corrected chi connectivity index (χ4v) is 2.99. The summed E-state index contributed by atoms with van der Waals surface area (Å²) in [4.78, 5) is 24.6. The molecule has 3 N–H and O–H groups in total. The van der Waals surface area contributed by atoms with Gasteiger partial charge in [0.15, 0.2) is 0 Å². The zero-order chi connectivity index (χ0) is 21.0. The lowest BCUT2D eigenvalue weighted by atomic mass is 10.0. The second-order valence-electron chi connectivity index (χ2n) is 6.09. The van der Waals surface area contributed by atoms with E-state index in [1.54, 1.807) is 12.1 Å². The van der Waals surface area contributed by atoms with Crippen molar-refractivity contribution in [2.24, 2.45) is 0 Å². The van der Waals surface area contributed by atoms with E-state index < -0.39 is 17.6 Å². The number of halogens is 2. The second kappa shape index (κ2) is 8.74. The third-order valence-corrected chi connectivity index (χ3v) is 4.45. The number of carbonyl (C=O) groups is 2. The number of benzene rings is 2. The Balaban J connectivity index is 1.66. The lowest BCUT2D eigenvalue weighted by molar-refractivity contribution is 0.0925. The van der Waals surface area contributed by atoms with Crippen molar-refractivity contribution in [2.45, 2.75) is 6.92 Å². The maximum atomic E-state index is 14.2. The highest BCUT2D eigenvalue weighted by Gasteiger charge is 2.25. The van der Waals surface area contributed by atoms with Crippen LogP contribution in [-0.2, 0) is 0 Å². The van der Waals surface area contributed by atoms with E-state index >= 15 is 0 Å². The van der Waals surface area contributed by atoms with Crippen LogP contribution in [0.2, 0.25) is 5.02 Å². The predicted molar refractivity (Wildman–Crippen MR) is 104 cm³/mol. The Morgan fingerprint density at radius 2 is 1.79 bits per heavy atom. The quantitative estimate of drug-likeness (QED) is 0.534. The molecule has 1 aromatic heterocycles. The van der Waals surface area contributed by atoms with Crippen molar-refractivity contribution in [2.75, 3.05) is 13.1 Å². The van der Waals surface area contributed by atoms with Gasteiger partial charge < -0.3 is 20.3 Å². The van der Waals surface area contributed by atoms with Crippen molar-refractivity contribution in [3.8, 4) is 17.0 Å². The van der Waals surface area contributed by atoms with Crippen molar-refractivity contribution in [3.63, 3.8) is 0 Å². The van der Waals surface area contributed by atoms with Gasteiger partial charge >= 0.3 is 0 Å². The highest BCUT2D eigenvalue weighted by Crippen LogP contribution is 2.33. The molecule has 0 saturated heterocycles.